The third-order valence-corrected chi connectivity index (χ3v) is 5.74. The summed E-state index contributed by atoms with van der Waals surface area (Å²) in [5, 5.41) is 0. The van der Waals surface area contributed by atoms with Gasteiger partial charge in [0.2, 0.25) is 0 Å². The lowest BCUT2D eigenvalue weighted by molar-refractivity contribution is 0.517. The Morgan fingerprint density at radius 1 is 0.905 bits per heavy atom. The molecule has 0 heterocycles. The van der Waals surface area contributed by atoms with E-state index in [1.54, 1.807) is 0 Å². The predicted octanol–water partition coefficient (Wildman–Crippen LogP) is 6.30. The molecule has 0 N–H and O–H groups in total. The van der Waals surface area contributed by atoms with E-state index in [9.17, 15) is 0 Å². The van der Waals surface area contributed by atoms with Crippen LogP contribution in [0.25, 0.3) is 0 Å². The second-order valence-corrected chi connectivity index (χ2v) is 7.71. The van der Waals surface area contributed by atoms with Crippen LogP contribution in [0.2, 0.25) is 0 Å². The number of benzene rings is 2. The Morgan fingerprint density at radius 3 is 2.00 bits per heavy atom. The van der Waals surface area contributed by atoms with Crippen LogP contribution in [0.15, 0.2) is 54.6 Å². The monoisotopic (exact) mass is 344 g/mol. The van der Waals surface area contributed by atoms with E-state index in [0.717, 1.165) is 6.42 Å². The molecule has 0 aliphatic rings. The summed E-state index contributed by atoms with van der Waals surface area (Å²) in [7, 11) is 0. The quantitative estimate of drug-likeness (QED) is 0.558. The lowest BCUT2D eigenvalue weighted by atomic mass is 9.79. The molecule has 2 aromatic carbocycles. The van der Waals surface area contributed by atoms with E-state index in [2.05, 4.69) is 98.2 Å². The molecule has 1 atom stereocenters. The highest BCUT2D eigenvalue weighted by atomic mass is 79.9. The molecular formula is C20H25Br. The zero-order valence-corrected chi connectivity index (χ0v) is 15.0. The molecule has 0 fully saturated rings. The fraction of sp³-hybridized carbons (Fsp3) is 0.400. The van der Waals surface area contributed by atoms with Crippen LogP contribution in [-0.4, -0.2) is 0 Å². The van der Waals surface area contributed by atoms with E-state index in [4.69, 9.17) is 0 Å². The van der Waals surface area contributed by atoms with Gasteiger partial charge in [0, 0.05) is 10.2 Å². The maximum absolute atomic E-state index is 3.92. The van der Waals surface area contributed by atoms with Crippen LogP contribution in [0.5, 0.6) is 0 Å². The third kappa shape index (κ3) is 3.97. The normalized spacial score (nSPS) is 13.4. The Labute approximate surface area is 137 Å². The third-order valence-electron chi connectivity index (χ3n) is 4.07. The fourth-order valence-corrected chi connectivity index (χ4v) is 3.29. The summed E-state index contributed by atoms with van der Waals surface area (Å²) in [5.74, 6) is 0.705. The molecule has 112 valence electrons. The summed E-state index contributed by atoms with van der Waals surface area (Å²) in [5.41, 5.74) is 4.18. The molecule has 0 aromatic heterocycles. The molecule has 0 nitrogen and oxygen atoms in total. The Bertz CT molecular complexity index is 552. The van der Waals surface area contributed by atoms with Gasteiger partial charge in [-0.1, -0.05) is 98.2 Å². The average molecular weight is 345 g/mol. The second-order valence-electron chi connectivity index (χ2n) is 6.79. The number of alkyl halides is 1. The van der Waals surface area contributed by atoms with Crippen molar-refractivity contribution in [1.82, 2.24) is 0 Å². The van der Waals surface area contributed by atoms with Crippen LogP contribution in [0, 0.1) is 5.92 Å². The van der Waals surface area contributed by atoms with Gasteiger partial charge in [-0.25, -0.2) is 0 Å². The Balaban J connectivity index is 2.21. The molecule has 0 radical (unpaired) electrons. The van der Waals surface area contributed by atoms with Crippen LogP contribution < -0.4 is 0 Å². The topological polar surface area (TPSA) is 0 Å². The average Bonchev–Trinajstić information content (AvgIpc) is 2.47. The van der Waals surface area contributed by atoms with Crippen molar-refractivity contribution in [2.75, 3.05) is 0 Å². The summed E-state index contributed by atoms with van der Waals surface area (Å²) in [6.07, 6.45) is 1.15. The number of halogens is 1. The Kier molecular flexibility index (Phi) is 5.27. The predicted molar refractivity (Wildman–Crippen MR) is 96.1 cm³/mol. The Hall–Kier alpha value is -1.08. The van der Waals surface area contributed by atoms with Gasteiger partial charge in [0.1, 0.15) is 0 Å². The molecule has 2 rings (SSSR count). The molecule has 0 spiro atoms. The van der Waals surface area contributed by atoms with Gasteiger partial charge >= 0.3 is 0 Å². The molecule has 2 aromatic rings. The fourth-order valence-electron chi connectivity index (χ4n) is 2.72. The Morgan fingerprint density at radius 2 is 1.48 bits per heavy atom. The zero-order valence-electron chi connectivity index (χ0n) is 13.4. The van der Waals surface area contributed by atoms with Crippen molar-refractivity contribution in [1.29, 1.82) is 0 Å². The highest BCUT2D eigenvalue weighted by Gasteiger charge is 2.30. The minimum absolute atomic E-state index is 0.0564. The zero-order chi connectivity index (χ0) is 15.5. The first-order valence-electron chi connectivity index (χ1n) is 7.69. The van der Waals surface area contributed by atoms with Crippen molar-refractivity contribution in [3.8, 4) is 0 Å². The summed E-state index contributed by atoms with van der Waals surface area (Å²) < 4.78 is 0. The first kappa shape index (κ1) is 16.3. The van der Waals surface area contributed by atoms with Crippen LogP contribution in [-0.2, 0) is 11.8 Å². The minimum Gasteiger partial charge on any atom is -0.0829 e. The molecule has 0 saturated carbocycles. The first-order chi connectivity index (χ1) is 9.91. The summed E-state index contributed by atoms with van der Waals surface area (Å²) >= 11 is 3.92. The van der Waals surface area contributed by atoms with Gasteiger partial charge in [-0.15, -0.1) is 0 Å². The molecule has 0 saturated heterocycles. The molecule has 0 aliphatic heterocycles. The largest absolute Gasteiger partial charge is 0.0829 e. The summed E-state index contributed by atoms with van der Waals surface area (Å²) in [6, 6.07) is 19.8. The number of rotatable bonds is 5. The molecule has 0 amide bonds. The van der Waals surface area contributed by atoms with Gasteiger partial charge in [0.05, 0.1) is 0 Å². The lowest BCUT2D eigenvalue weighted by Crippen LogP contribution is -2.23. The molecule has 21 heavy (non-hydrogen) atoms. The molecule has 1 heteroatoms. The molecule has 0 bridgehead atoms. The van der Waals surface area contributed by atoms with Gasteiger partial charge < -0.3 is 0 Å². The lowest BCUT2D eigenvalue weighted by Gasteiger charge is -2.31. The molecular weight excluding hydrogens is 320 g/mol. The van der Waals surface area contributed by atoms with E-state index in [0.29, 0.717) is 10.7 Å². The van der Waals surface area contributed by atoms with Crippen LogP contribution in [0.3, 0.4) is 0 Å². The van der Waals surface area contributed by atoms with Crippen molar-refractivity contribution in [2.24, 2.45) is 5.92 Å². The van der Waals surface area contributed by atoms with Crippen molar-refractivity contribution in [3.63, 3.8) is 0 Å². The minimum atomic E-state index is 0.0564. The van der Waals surface area contributed by atoms with Crippen molar-refractivity contribution in [3.05, 3.63) is 71.3 Å². The number of hydrogen-bond donors (Lipinski definition) is 0. The first-order valence-corrected chi connectivity index (χ1v) is 8.61. The standard InChI is InChI=1S/C20H25Br/c1-15(2)14-16-10-12-17(13-11-16)19(21)20(3,4)18-8-6-5-7-9-18/h5-13,15,19H,14H2,1-4H3. The summed E-state index contributed by atoms with van der Waals surface area (Å²) in [4.78, 5) is 0.306. The van der Waals surface area contributed by atoms with Gasteiger partial charge in [0.15, 0.2) is 0 Å². The van der Waals surface area contributed by atoms with Crippen LogP contribution in [0.4, 0.5) is 0 Å². The van der Waals surface area contributed by atoms with Gasteiger partial charge in [-0.05, 0) is 29.0 Å². The van der Waals surface area contributed by atoms with Gasteiger partial charge in [0.25, 0.3) is 0 Å². The maximum Gasteiger partial charge on any atom is 0.0486 e. The highest BCUT2D eigenvalue weighted by molar-refractivity contribution is 9.09. The highest BCUT2D eigenvalue weighted by Crippen LogP contribution is 2.42. The number of hydrogen-bond acceptors (Lipinski definition) is 0. The van der Waals surface area contributed by atoms with Crippen molar-refractivity contribution in [2.45, 2.75) is 44.4 Å². The van der Waals surface area contributed by atoms with Crippen molar-refractivity contribution >= 4 is 15.9 Å². The van der Waals surface area contributed by atoms with E-state index >= 15 is 0 Å². The maximum atomic E-state index is 3.92. The van der Waals surface area contributed by atoms with Gasteiger partial charge in [-0.3, -0.25) is 0 Å². The van der Waals surface area contributed by atoms with Gasteiger partial charge in [-0.2, -0.15) is 0 Å². The van der Waals surface area contributed by atoms with E-state index < -0.39 is 0 Å². The second kappa shape index (κ2) is 6.79. The molecule has 0 aliphatic carbocycles. The van der Waals surface area contributed by atoms with E-state index in [1.165, 1.54) is 16.7 Å². The molecule has 1 unspecified atom stereocenters. The van der Waals surface area contributed by atoms with Crippen molar-refractivity contribution < 1.29 is 0 Å². The van der Waals surface area contributed by atoms with Crippen LogP contribution in [0.1, 0.15) is 49.2 Å². The van der Waals surface area contributed by atoms with E-state index in [1.807, 2.05) is 0 Å². The van der Waals surface area contributed by atoms with Crippen LogP contribution >= 0.6 is 15.9 Å². The van der Waals surface area contributed by atoms with E-state index in [-0.39, 0.29) is 5.41 Å². The smallest absolute Gasteiger partial charge is 0.0486 e. The SMILES string of the molecule is CC(C)Cc1ccc(C(Br)C(C)(C)c2ccccc2)cc1. The summed E-state index contributed by atoms with van der Waals surface area (Å²) in [6.45, 7) is 9.12.